The monoisotopic (exact) mass is 342 g/mol. The summed E-state index contributed by atoms with van der Waals surface area (Å²) in [6, 6.07) is 27.6. The van der Waals surface area contributed by atoms with Gasteiger partial charge in [0.1, 0.15) is 0 Å². The van der Waals surface area contributed by atoms with Crippen molar-refractivity contribution in [3.63, 3.8) is 0 Å². The number of benzene rings is 3. The zero-order valence-electron chi connectivity index (χ0n) is 15.5. The molecule has 3 aromatic rings. The first-order valence-corrected chi connectivity index (χ1v) is 9.12. The fraction of sp³-hybridized carbons (Fsp3) is 0.217. The maximum Gasteiger partial charge on any atom is 0.494 e. The molecular weight excluding hydrogens is 319 g/mol. The van der Waals surface area contributed by atoms with Crippen molar-refractivity contribution in [3.8, 4) is 22.3 Å². The molecule has 0 N–H and O–H groups in total. The largest absolute Gasteiger partial charge is 0.494 e. The van der Waals surface area contributed by atoms with E-state index >= 15 is 0 Å². The van der Waals surface area contributed by atoms with Gasteiger partial charge >= 0.3 is 7.12 Å². The van der Waals surface area contributed by atoms with Crippen molar-refractivity contribution in [2.24, 2.45) is 0 Å². The van der Waals surface area contributed by atoms with E-state index < -0.39 is 0 Å². The summed E-state index contributed by atoms with van der Waals surface area (Å²) in [7, 11) is -0.302. The molecule has 4 rings (SSSR count). The van der Waals surface area contributed by atoms with Crippen LogP contribution < -0.4 is 5.46 Å². The molecule has 0 aromatic heterocycles. The topological polar surface area (TPSA) is 18.5 Å². The van der Waals surface area contributed by atoms with Gasteiger partial charge in [-0.1, -0.05) is 78.9 Å². The third kappa shape index (κ3) is 3.33. The molecule has 1 heterocycles. The minimum atomic E-state index is -0.302. The molecule has 0 spiro atoms. The minimum Gasteiger partial charge on any atom is -0.402 e. The van der Waals surface area contributed by atoms with Crippen LogP contribution in [0.3, 0.4) is 0 Å². The van der Waals surface area contributed by atoms with Crippen LogP contribution in [0.25, 0.3) is 22.3 Å². The van der Waals surface area contributed by atoms with Gasteiger partial charge in [0, 0.05) is 0 Å². The third-order valence-electron chi connectivity index (χ3n) is 5.20. The van der Waals surface area contributed by atoms with Gasteiger partial charge in [-0.2, -0.15) is 0 Å². The van der Waals surface area contributed by atoms with Gasteiger partial charge in [0.05, 0.1) is 11.7 Å². The smallest absolute Gasteiger partial charge is 0.402 e. The van der Waals surface area contributed by atoms with Crippen molar-refractivity contribution in [2.45, 2.75) is 32.5 Å². The van der Waals surface area contributed by atoms with Crippen molar-refractivity contribution >= 4 is 12.6 Å². The highest BCUT2D eigenvalue weighted by atomic mass is 16.7. The molecule has 1 atom stereocenters. The predicted molar refractivity (Wildman–Crippen MR) is 108 cm³/mol. The lowest BCUT2D eigenvalue weighted by atomic mass is 9.78. The standard InChI is InChI=1S/C23H23BO2/c1-17-23(2,3)26-24(25-17)22-11-7-10-21(16-22)20-14-12-19(13-15-20)18-8-5-4-6-9-18/h4-17H,1-3H3. The highest BCUT2D eigenvalue weighted by Gasteiger charge is 2.43. The zero-order chi connectivity index (χ0) is 18.1. The SMILES string of the molecule is CC1OB(c2cccc(-c3ccc(-c4ccccc4)cc3)c2)OC1(C)C. The molecule has 1 fully saturated rings. The second-order valence-corrected chi connectivity index (χ2v) is 7.40. The van der Waals surface area contributed by atoms with E-state index in [-0.39, 0.29) is 18.8 Å². The van der Waals surface area contributed by atoms with Crippen molar-refractivity contribution in [2.75, 3.05) is 0 Å². The molecule has 3 aromatic carbocycles. The molecule has 1 saturated heterocycles. The van der Waals surface area contributed by atoms with Gasteiger partial charge < -0.3 is 9.31 Å². The fourth-order valence-corrected chi connectivity index (χ4v) is 3.25. The van der Waals surface area contributed by atoms with E-state index in [0.717, 1.165) is 5.46 Å². The van der Waals surface area contributed by atoms with E-state index in [2.05, 4.69) is 93.6 Å². The molecule has 1 unspecified atom stereocenters. The molecule has 130 valence electrons. The van der Waals surface area contributed by atoms with Crippen molar-refractivity contribution in [3.05, 3.63) is 78.9 Å². The molecule has 0 saturated carbocycles. The Morgan fingerprint density at radius 1 is 0.731 bits per heavy atom. The Bertz CT molecular complexity index is 888. The predicted octanol–water partition coefficient (Wildman–Crippen LogP) is 4.93. The Kier molecular flexibility index (Phi) is 4.43. The Balaban J connectivity index is 1.59. The Hall–Kier alpha value is -2.36. The highest BCUT2D eigenvalue weighted by molar-refractivity contribution is 6.62. The van der Waals surface area contributed by atoms with Gasteiger partial charge in [0.15, 0.2) is 0 Å². The number of hydrogen-bond donors (Lipinski definition) is 0. The van der Waals surface area contributed by atoms with Gasteiger partial charge in [-0.25, -0.2) is 0 Å². The summed E-state index contributed by atoms with van der Waals surface area (Å²) in [5, 5.41) is 0. The van der Waals surface area contributed by atoms with Crippen LogP contribution in [0, 0.1) is 0 Å². The summed E-state index contributed by atoms with van der Waals surface area (Å²) >= 11 is 0. The molecule has 0 amide bonds. The summed E-state index contributed by atoms with van der Waals surface area (Å²) in [5.41, 5.74) is 5.62. The first-order chi connectivity index (χ1) is 12.5. The lowest BCUT2D eigenvalue weighted by Gasteiger charge is -2.21. The molecule has 0 aliphatic carbocycles. The van der Waals surface area contributed by atoms with Crippen LogP contribution in [0.5, 0.6) is 0 Å². The van der Waals surface area contributed by atoms with Gasteiger partial charge in [0.2, 0.25) is 0 Å². The zero-order valence-corrected chi connectivity index (χ0v) is 15.5. The molecule has 1 aliphatic heterocycles. The first-order valence-electron chi connectivity index (χ1n) is 9.12. The van der Waals surface area contributed by atoms with Crippen LogP contribution in [0.1, 0.15) is 20.8 Å². The summed E-state index contributed by atoms with van der Waals surface area (Å²) in [4.78, 5) is 0. The summed E-state index contributed by atoms with van der Waals surface area (Å²) in [6.45, 7) is 6.21. The Morgan fingerprint density at radius 2 is 1.31 bits per heavy atom. The summed E-state index contributed by atoms with van der Waals surface area (Å²) < 4.78 is 12.1. The van der Waals surface area contributed by atoms with Crippen LogP contribution >= 0.6 is 0 Å². The number of hydrogen-bond acceptors (Lipinski definition) is 2. The first kappa shape index (κ1) is 17.1. The van der Waals surface area contributed by atoms with Crippen LogP contribution in [-0.4, -0.2) is 18.8 Å². The fourth-order valence-electron chi connectivity index (χ4n) is 3.25. The van der Waals surface area contributed by atoms with E-state index in [1.807, 2.05) is 6.07 Å². The molecular formula is C23H23BO2. The van der Waals surface area contributed by atoms with Gasteiger partial charge in [-0.05, 0) is 48.5 Å². The van der Waals surface area contributed by atoms with Crippen LogP contribution in [-0.2, 0) is 9.31 Å². The lowest BCUT2D eigenvalue weighted by Crippen LogP contribution is -2.34. The van der Waals surface area contributed by atoms with E-state index in [1.54, 1.807) is 0 Å². The summed E-state index contributed by atoms with van der Waals surface area (Å²) in [6.07, 6.45) is 0.0707. The second-order valence-electron chi connectivity index (χ2n) is 7.40. The maximum absolute atomic E-state index is 6.09. The molecule has 26 heavy (non-hydrogen) atoms. The van der Waals surface area contributed by atoms with E-state index in [0.29, 0.717) is 0 Å². The maximum atomic E-state index is 6.09. The number of rotatable bonds is 3. The normalized spacial score (nSPS) is 18.9. The Morgan fingerprint density at radius 3 is 1.92 bits per heavy atom. The quantitative estimate of drug-likeness (QED) is 0.629. The van der Waals surface area contributed by atoms with E-state index in [4.69, 9.17) is 9.31 Å². The molecule has 0 bridgehead atoms. The molecule has 2 nitrogen and oxygen atoms in total. The van der Waals surface area contributed by atoms with E-state index in [1.165, 1.54) is 22.3 Å². The van der Waals surface area contributed by atoms with Crippen LogP contribution in [0.15, 0.2) is 78.9 Å². The Labute approximate surface area is 155 Å². The van der Waals surface area contributed by atoms with Crippen LogP contribution in [0.4, 0.5) is 0 Å². The third-order valence-corrected chi connectivity index (χ3v) is 5.20. The minimum absolute atomic E-state index is 0.0707. The van der Waals surface area contributed by atoms with Crippen molar-refractivity contribution in [1.82, 2.24) is 0 Å². The van der Waals surface area contributed by atoms with Gasteiger partial charge in [-0.3, -0.25) is 0 Å². The van der Waals surface area contributed by atoms with Crippen LogP contribution in [0.2, 0.25) is 0 Å². The molecule has 3 heteroatoms. The van der Waals surface area contributed by atoms with Crippen molar-refractivity contribution < 1.29 is 9.31 Å². The molecule has 0 radical (unpaired) electrons. The molecule has 1 aliphatic rings. The second kappa shape index (κ2) is 6.75. The average molecular weight is 342 g/mol. The summed E-state index contributed by atoms with van der Waals surface area (Å²) in [5.74, 6) is 0. The lowest BCUT2D eigenvalue weighted by molar-refractivity contribution is 0.0842. The highest BCUT2D eigenvalue weighted by Crippen LogP contribution is 2.28. The van der Waals surface area contributed by atoms with Gasteiger partial charge in [0.25, 0.3) is 0 Å². The van der Waals surface area contributed by atoms with Crippen molar-refractivity contribution in [1.29, 1.82) is 0 Å². The van der Waals surface area contributed by atoms with E-state index in [9.17, 15) is 0 Å². The van der Waals surface area contributed by atoms with Gasteiger partial charge in [-0.15, -0.1) is 0 Å². The average Bonchev–Trinajstić information content (AvgIpc) is 2.96.